The van der Waals surface area contributed by atoms with Gasteiger partial charge in [0, 0.05) is 42.3 Å². The molecular formula is C36H41NO8. The third-order valence-electron chi connectivity index (χ3n) is 11.2. The van der Waals surface area contributed by atoms with Gasteiger partial charge in [-0.2, -0.15) is 0 Å². The number of hydrogen-bond acceptors (Lipinski definition) is 9. The Labute approximate surface area is 262 Å². The van der Waals surface area contributed by atoms with E-state index >= 15 is 0 Å². The smallest absolute Gasteiger partial charge is 0.345 e. The molecule has 2 fully saturated rings. The topological polar surface area (TPSA) is 125 Å². The summed E-state index contributed by atoms with van der Waals surface area (Å²) in [6.45, 7) is 11.8. The van der Waals surface area contributed by atoms with Crippen LogP contribution in [0.3, 0.4) is 0 Å². The van der Waals surface area contributed by atoms with Crippen molar-refractivity contribution in [3.8, 4) is 17.1 Å². The fourth-order valence-electron chi connectivity index (χ4n) is 8.58. The number of aromatic nitrogens is 1. The highest BCUT2D eigenvalue weighted by Crippen LogP contribution is 2.68. The van der Waals surface area contributed by atoms with Crippen LogP contribution in [0.1, 0.15) is 81.5 Å². The van der Waals surface area contributed by atoms with Crippen LogP contribution >= 0.6 is 0 Å². The minimum absolute atomic E-state index is 0.0518. The zero-order valence-electron chi connectivity index (χ0n) is 26.7. The molecule has 3 heterocycles. The zero-order chi connectivity index (χ0) is 32.3. The summed E-state index contributed by atoms with van der Waals surface area (Å²) in [5.74, 6) is -1.03. The van der Waals surface area contributed by atoms with Crippen LogP contribution in [0.25, 0.3) is 11.3 Å². The first kappa shape index (κ1) is 31.0. The Kier molecular flexibility index (Phi) is 7.67. The average molecular weight is 616 g/mol. The molecule has 6 rings (SSSR count). The number of esters is 2. The van der Waals surface area contributed by atoms with Gasteiger partial charge >= 0.3 is 17.6 Å². The second-order valence-corrected chi connectivity index (χ2v) is 13.9. The maximum atomic E-state index is 13.7. The van der Waals surface area contributed by atoms with Crippen molar-refractivity contribution in [2.24, 2.45) is 28.6 Å². The van der Waals surface area contributed by atoms with Crippen molar-refractivity contribution < 1.29 is 33.3 Å². The number of pyridine rings is 1. The third kappa shape index (κ3) is 5.05. The number of aryl methyl sites for hydroxylation is 1. The normalized spacial score (nSPS) is 33.5. The van der Waals surface area contributed by atoms with Gasteiger partial charge in [-0.3, -0.25) is 9.78 Å². The van der Waals surface area contributed by atoms with Crippen LogP contribution in [0, 0.1) is 35.5 Å². The molecule has 1 aliphatic heterocycles. The lowest BCUT2D eigenvalue weighted by molar-refractivity contribution is -0.257. The largest absolute Gasteiger partial charge is 0.482 e. The Morgan fingerprint density at radius 2 is 1.87 bits per heavy atom. The summed E-state index contributed by atoms with van der Waals surface area (Å²) in [6, 6.07) is 12.3. The van der Waals surface area contributed by atoms with Gasteiger partial charge in [0.2, 0.25) is 0 Å². The number of hydrogen-bond donors (Lipinski definition) is 1. The third-order valence-corrected chi connectivity index (χ3v) is 11.2. The second kappa shape index (κ2) is 11.1. The molecule has 9 nitrogen and oxygen atoms in total. The molecule has 2 saturated carbocycles. The van der Waals surface area contributed by atoms with Crippen LogP contribution in [0.5, 0.6) is 5.75 Å². The van der Waals surface area contributed by atoms with Crippen molar-refractivity contribution in [1.82, 2.24) is 4.98 Å². The minimum Gasteiger partial charge on any atom is -0.482 e. The molecule has 0 amide bonds. The highest BCUT2D eigenvalue weighted by Gasteiger charge is 2.70. The van der Waals surface area contributed by atoms with E-state index < -0.39 is 46.2 Å². The van der Waals surface area contributed by atoms with Gasteiger partial charge in [0.15, 0.2) is 0 Å². The second-order valence-electron chi connectivity index (χ2n) is 13.9. The molecule has 3 aliphatic rings. The predicted molar refractivity (Wildman–Crippen MR) is 165 cm³/mol. The Morgan fingerprint density at radius 1 is 1.13 bits per heavy atom. The highest BCUT2D eigenvalue weighted by atomic mass is 16.6. The molecule has 2 aliphatic carbocycles. The highest BCUT2D eigenvalue weighted by molar-refractivity contribution is 5.89. The molecule has 0 bridgehead atoms. The first-order valence-corrected chi connectivity index (χ1v) is 15.6. The van der Waals surface area contributed by atoms with E-state index in [-0.39, 0.29) is 41.5 Å². The average Bonchev–Trinajstić information content (AvgIpc) is 2.99. The van der Waals surface area contributed by atoms with E-state index in [1.54, 1.807) is 42.7 Å². The zero-order valence-corrected chi connectivity index (χ0v) is 26.7. The summed E-state index contributed by atoms with van der Waals surface area (Å²) in [4.78, 5) is 43.4. The lowest BCUT2D eigenvalue weighted by atomic mass is 9.41. The SMILES string of the molecule is CC(=O)OCC1(C)C2C[C@H](OC(=O)c3ccc(C)cc3)[C@@]3(C)Oc4cc(-c5cccnc5)oc(=O)c4[C@H](O)C3[C@@]2(C)CC[C@@H]1C. The van der Waals surface area contributed by atoms with Crippen molar-refractivity contribution in [3.05, 3.63) is 82.0 Å². The maximum Gasteiger partial charge on any atom is 0.345 e. The van der Waals surface area contributed by atoms with Gasteiger partial charge in [0.1, 0.15) is 28.8 Å². The number of nitrogens with zero attached hydrogens (tertiary/aromatic N) is 1. The van der Waals surface area contributed by atoms with Crippen LogP contribution < -0.4 is 10.4 Å². The van der Waals surface area contributed by atoms with Crippen LogP contribution in [0.4, 0.5) is 0 Å². The summed E-state index contributed by atoms with van der Waals surface area (Å²) < 4.78 is 24.5. The van der Waals surface area contributed by atoms with Gasteiger partial charge in [-0.15, -0.1) is 0 Å². The Bertz CT molecular complexity index is 1670. The summed E-state index contributed by atoms with van der Waals surface area (Å²) in [5, 5.41) is 12.2. The predicted octanol–water partition coefficient (Wildman–Crippen LogP) is 6.06. The van der Waals surface area contributed by atoms with Gasteiger partial charge < -0.3 is 23.7 Å². The van der Waals surface area contributed by atoms with E-state index in [2.05, 4.69) is 25.8 Å². The summed E-state index contributed by atoms with van der Waals surface area (Å²) in [7, 11) is 0. The number of carbonyl (C=O) groups excluding carboxylic acids is 2. The lowest BCUT2D eigenvalue weighted by Gasteiger charge is -2.66. The summed E-state index contributed by atoms with van der Waals surface area (Å²) >= 11 is 0. The molecule has 0 spiro atoms. The van der Waals surface area contributed by atoms with Gasteiger partial charge in [0.05, 0.1) is 18.3 Å². The van der Waals surface area contributed by atoms with Gasteiger partial charge in [-0.1, -0.05) is 38.5 Å². The molecule has 0 saturated heterocycles. The van der Waals surface area contributed by atoms with Crippen LogP contribution in [0.2, 0.25) is 0 Å². The van der Waals surface area contributed by atoms with Crippen molar-refractivity contribution in [3.63, 3.8) is 0 Å². The molecule has 238 valence electrons. The van der Waals surface area contributed by atoms with E-state index in [0.29, 0.717) is 17.5 Å². The molecule has 45 heavy (non-hydrogen) atoms. The van der Waals surface area contributed by atoms with E-state index in [0.717, 1.165) is 18.4 Å². The van der Waals surface area contributed by atoms with E-state index in [4.69, 9.17) is 18.6 Å². The fraction of sp³-hybridized carbons (Fsp3) is 0.500. The van der Waals surface area contributed by atoms with E-state index in [1.807, 2.05) is 26.0 Å². The Balaban J connectivity index is 1.49. The number of carbonyl (C=O) groups is 2. The monoisotopic (exact) mass is 615 g/mol. The lowest BCUT2D eigenvalue weighted by Crippen LogP contribution is -2.70. The standard InChI is InChI=1S/C36H41NO8/c1-20-9-11-23(12-10-20)32(40)44-28-17-27-34(4,14-13-21(2)35(27,5)19-42-22(3)38)31-30(39)29-26(45-36(28,31)6)16-25(43-33(29)41)24-8-7-15-37-18-24/h7-12,15-16,18,21,27-28,30-31,39H,13-14,17,19H2,1-6H3/t21-,27?,28-,30-,31?,34-,35?,36+/m0/s1. The van der Waals surface area contributed by atoms with Crippen molar-refractivity contribution >= 4 is 11.9 Å². The molecule has 0 radical (unpaired) electrons. The number of ether oxygens (including phenoxy) is 3. The maximum absolute atomic E-state index is 13.7. The van der Waals surface area contributed by atoms with Crippen LogP contribution in [-0.2, 0) is 14.3 Å². The van der Waals surface area contributed by atoms with Gasteiger partial charge in [-0.25, -0.2) is 9.59 Å². The van der Waals surface area contributed by atoms with E-state index in [9.17, 15) is 19.5 Å². The molecule has 3 unspecified atom stereocenters. The quantitative estimate of drug-likeness (QED) is 0.341. The molecule has 1 N–H and O–H groups in total. The summed E-state index contributed by atoms with van der Waals surface area (Å²) in [6.07, 6.45) is 3.12. The number of benzene rings is 1. The molecule has 8 atom stereocenters. The minimum atomic E-state index is -1.27. The number of fused-ring (bicyclic) bond motifs is 4. The number of aliphatic hydroxyl groups is 1. The van der Waals surface area contributed by atoms with Crippen LogP contribution in [0.15, 0.2) is 64.1 Å². The van der Waals surface area contributed by atoms with Crippen molar-refractivity contribution in [2.75, 3.05) is 6.61 Å². The molecular weight excluding hydrogens is 574 g/mol. The first-order valence-electron chi connectivity index (χ1n) is 15.6. The molecule has 9 heteroatoms. The van der Waals surface area contributed by atoms with Gasteiger partial charge in [-0.05, 0) is 74.6 Å². The Morgan fingerprint density at radius 3 is 2.53 bits per heavy atom. The fourth-order valence-corrected chi connectivity index (χ4v) is 8.58. The van der Waals surface area contributed by atoms with Crippen LogP contribution in [-0.4, -0.2) is 40.3 Å². The Hall–Kier alpha value is -3.98. The number of rotatable bonds is 5. The molecule has 1 aromatic carbocycles. The number of aliphatic hydroxyl groups excluding tert-OH is 1. The van der Waals surface area contributed by atoms with E-state index in [1.165, 1.54) is 6.92 Å². The molecule has 3 aromatic rings. The molecule has 2 aromatic heterocycles. The van der Waals surface area contributed by atoms with Crippen molar-refractivity contribution in [2.45, 2.75) is 78.6 Å². The van der Waals surface area contributed by atoms with Gasteiger partial charge in [0.25, 0.3) is 0 Å². The van der Waals surface area contributed by atoms with Crippen molar-refractivity contribution in [1.29, 1.82) is 0 Å². The summed E-state index contributed by atoms with van der Waals surface area (Å²) in [5.41, 5.74) is -0.905. The first-order chi connectivity index (χ1) is 21.3.